The largest absolute Gasteiger partial charge is 0.486 e. The van der Waals surface area contributed by atoms with E-state index in [1.165, 1.54) is 0 Å². The molecule has 1 unspecified atom stereocenters. The van der Waals surface area contributed by atoms with Crippen molar-refractivity contribution in [3.05, 3.63) is 29.8 Å². The van der Waals surface area contributed by atoms with Crippen LogP contribution in [0.3, 0.4) is 0 Å². The maximum absolute atomic E-state index is 11.8. The normalized spacial score (nSPS) is 20.5. The number of thiol groups is 1. The summed E-state index contributed by atoms with van der Waals surface area (Å²) in [5, 5.41) is 2.76. The molecule has 0 aliphatic carbocycles. The van der Waals surface area contributed by atoms with E-state index in [0.717, 1.165) is 17.0 Å². The number of amides is 1. The van der Waals surface area contributed by atoms with Crippen LogP contribution >= 0.6 is 12.6 Å². The van der Waals surface area contributed by atoms with Gasteiger partial charge >= 0.3 is 0 Å². The summed E-state index contributed by atoms with van der Waals surface area (Å²) in [7, 11) is 1.64. The zero-order chi connectivity index (χ0) is 15.5. The van der Waals surface area contributed by atoms with E-state index in [9.17, 15) is 4.79 Å². The third-order valence-corrected chi connectivity index (χ3v) is 3.93. The zero-order valence-electron chi connectivity index (χ0n) is 12.2. The molecule has 0 spiro atoms. The van der Waals surface area contributed by atoms with Gasteiger partial charge in [0.2, 0.25) is 5.91 Å². The molecule has 0 bridgehead atoms. The highest BCUT2D eigenvalue weighted by molar-refractivity contribution is 7.80. The minimum absolute atomic E-state index is 0.168. The van der Waals surface area contributed by atoms with Crippen LogP contribution in [0, 0.1) is 0 Å². The summed E-state index contributed by atoms with van der Waals surface area (Å²) in [6.45, 7) is 2.23. The minimum Gasteiger partial charge on any atom is -0.486 e. The molecule has 1 amide bonds. The highest BCUT2D eigenvalue weighted by Gasteiger charge is 2.26. The fourth-order valence-electron chi connectivity index (χ4n) is 2.47. The Kier molecular flexibility index (Phi) is 4.44. The Bertz CT molecular complexity index is 605. The Hall–Kier alpha value is -1.86. The van der Waals surface area contributed by atoms with Crippen molar-refractivity contribution in [3.63, 3.8) is 0 Å². The first-order chi connectivity index (χ1) is 10.7. The van der Waals surface area contributed by atoms with Crippen molar-refractivity contribution < 1.29 is 19.0 Å². The van der Waals surface area contributed by atoms with E-state index in [2.05, 4.69) is 17.9 Å². The fraction of sp³-hybridized carbons (Fsp3) is 0.400. The Morgan fingerprint density at radius 1 is 1.36 bits per heavy atom. The van der Waals surface area contributed by atoms with Gasteiger partial charge in [-0.1, -0.05) is 0 Å². The van der Waals surface area contributed by atoms with E-state index in [4.69, 9.17) is 14.2 Å². The van der Waals surface area contributed by atoms with Crippen molar-refractivity contribution in [1.82, 2.24) is 10.2 Å². The van der Waals surface area contributed by atoms with Gasteiger partial charge in [0.1, 0.15) is 18.7 Å². The molecule has 0 radical (unpaired) electrons. The number of benzene rings is 1. The van der Waals surface area contributed by atoms with Crippen LogP contribution in [0.2, 0.25) is 0 Å². The van der Waals surface area contributed by atoms with Gasteiger partial charge in [-0.25, -0.2) is 0 Å². The number of rotatable bonds is 4. The summed E-state index contributed by atoms with van der Waals surface area (Å²) in [5.41, 5.74) is 1.28. The average Bonchev–Trinajstić information content (AvgIpc) is 2.53. The molecule has 1 aromatic rings. The van der Waals surface area contributed by atoms with Crippen LogP contribution in [0.5, 0.6) is 11.5 Å². The van der Waals surface area contributed by atoms with Crippen LogP contribution in [0.4, 0.5) is 0 Å². The summed E-state index contributed by atoms with van der Waals surface area (Å²) in [6.07, 6.45) is 1.56. The van der Waals surface area contributed by atoms with Gasteiger partial charge in [-0.3, -0.25) is 4.79 Å². The Morgan fingerprint density at radius 2 is 2.14 bits per heavy atom. The number of carbonyl (C=O) groups excluding carboxylic acids is 1. The lowest BCUT2D eigenvalue weighted by molar-refractivity contribution is -0.117. The molecule has 6 nitrogen and oxygen atoms in total. The number of fused-ring (bicyclic) bond motifs is 1. The van der Waals surface area contributed by atoms with E-state index in [1.807, 2.05) is 23.1 Å². The standard InChI is InChI=1S/C15H18N2O4S/c1-19-5-4-17-11(9-14(18)16-15(17)22)10-2-3-12-13(8-10)21-7-6-20-12/h2-3,8-9,15,22H,4-7H2,1H3,(H,16,18). The highest BCUT2D eigenvalue weighted by atomic mass is 32.1. The summed E-state index contributed by atoms with van der Waals surface area (Å²) in [5.74, 6) is 1.25. The Morgan fingerprint density at radius 3 is 2.91 bits per heavy atom. The third kappa shape index (κ3) is 3.00. The zero-order valence-corrected chi connectivity index (χ0v) is 13.1. The molecule has 0 aromatic heterocycles. The molecule has 2 aliphatic heterocycles. The molecule has 3 rings (SSSR count). The van der Waals surface area contributed by atoms with Gasteiger partial charge in [0.05, 0.1) is 12.3 Å². The second-order valence-electron chi connectivity index (χ2n) is 4.96. The van der Waals surface area contributed by atoms with Crippen molar-refractivity contribution >= 4 is 24.2 Å². The van der Waals surface area contributed by atoms with E-state index < -0.39 is 5.50 Å². The predicted octanol–water partition coefficient (Wildman–Crippen LogP) is 1.09. The highest BCUT2D eigenvalue weighted by Crippen LogP contribution is 2.35. The molecule has 7 heteroatoms. The first-order valence-corrected chi connectivity index (χ1v) is 7.56. The summed E-state index contributed by atoms with van der Waals surface area (Å²) >= 11 is 4.44. The van der Waals surface area contributed by atoms with Gasteiger partial charge in [-0.2, -0.15) is 0 Å². The van der Waals surface area contributed by atoms with Crippen molar-refractivity contribution in [2.45, 2.75) is 5.50 Å². The molecule has 0 saturated heterocycles. The van der Waals surface area contributed by atoms with Crippen LogP contribution in [0.25, 0.3) is 5.70 Å². The van der Waals surface area contributed by atoms with Crippen molar-refractivity contribution in [3.8, 4) is 11.5 Å². The van der Waals surface area contributed by atoms with Crippen molar-refractivity contribution in [1.29, 1.82) is 0 Å². The predicted molar refractivity (Wildman–Crippen MR) is 84.9 cm³/mol. The summed E-state index contributed by atoms with van der Waals surface area (Å²) in [6, 6.07) is 5.66. The van der Waals surface area contributed by atoms with Crippen LogP contribution < -0.4 is 14.8 Å². The van der Waals surface area contributed by atoms with Crippen LogP contribution in [-0.4, -0.2) is 49.8 Å². The van der Waals surface area contributed by atoms with Crippen LogP contribution in [0.15, 0.2) is 24.3 Å². The number of nitrogens with one attached hydrogen (secondary N) is 1. The number of nitrogens with zero attached hydrogens (tertiary/aromatic N) is 1. The topological polar surface area (TPSA) is 60.0 Å². The summed E-state index contributed by atoms with van der Waals surface area (Å²) in [4.78, 5) is 13.8. The van der Waals surface area contributed by atoms with Gasteiger partial charge in [-0.15, -0.1) is 12.6 Å². The SMILES string of the molecule is COCCN1C(c2ccc3c(c2)OCCO3)=CC(=O)NC1S. The first kappa shape index (κ1) is 15.1. The van der Waals surface area contributed by atoms with Crippen molar-refractivity contribution in [2.24, 2.45) is 0 Å². The molecule has 2 heterocycles. The second kappa shape index (κ2) is 6.50. The molecule has 2 aliphatic rings. The van der Waals surface area contributed by atoms with Gasteiger partial charge in [0.15, 0.2) is 11.5 Å². The lowest BCUT2D eigenvalue weighted by atomic mass is 10.1. The van der Waals surface area contributed by atoms with E-state index in [1.54, 1.807) is 13.2 Å². The average molecular weight is 322 g/mol. The maximum Gasteiger partial charge on any atom is 0.248 e. The molecule has 118 valence electrons. The van der Waals surface area contributed by atoms with Gasteiger partial charge < -0.3 is 24.4 Å². The molecule has 0 fully saturated rings. The summed E-state index contributed by atoms with van der Waals surface area (Å²) < 4.78 is 16.3. The number of methoxy groups -OCH3 is 1. The smallest absolute Gasteiger partial charge is 0.248 e. The number of hydrogen-bond acceptors (Lipinski definition) is 6. The number of hydrogen-bond donors (Lipinski definition) is 2. The molecule has 0 saturated carbocycles. The third-order valence-electron chi connectivity index (χ3n) is 3.52. The molecule has 1 atom stereocenters. The Labute approximate surface area is 134 Å². The molecule has 1 N–H and O–H groups in total. The molecular weight excluding hydrogens is 304 g/mol. The number of ether oxygens (including phenoxy) is 3. The lowest BCUT2D eigenvalue weighted by Gasteiger charge is -2.36. The van der Waals surface area contributed by atoms with Crippen LogP contribution in [-0.2, 0) is 9.53 Å². The van der Waals surface area contributed by atoms with Crippen molar-refractivity contribution in [2.75, 3.05) is 33.5 Å². The molecule has 22 heavy (non-hydrogen) atoms. The maximum atomic E-state index is 11.8. The van der Waals surface area contributed by atoms with E-state index in [-0.39, 0.29) is 5.91 Å². The Balaban J connectivity index is 1.94. The van der Waals surface area contributed by atoms with Crippen LogP contribution in [0.1, 0.15) is 5.56 Å². The molecular formula is C15H18N2O4S. The number of carbonyl (C=O) groups is 1. The second-order valence-corrected chi connectivity index (χ2v) is 5.45. The lowest BCUT2D eigenvalue weighted by Crippen LogP contribution is -2.48. The fourth-order valence-corrected chi connectivity index (χ4v) is 2.84. The quantitative estimate of drug-likeness (QED) is 0.813. The van der Waals surface area contributed by atoms with Gasteiger partial charge in [-0.05, 0) is 18.2 Å². The minimum atomic E-state index is -0.393. The molecule has 1 aromatic carbocycles. The van der Waals surface area contributed by atoms with E-state index >= 15 is 0 Å². The van der Waals surface area contributed by atoms with E-state index in [0.29, 0.717) is 32.1 Å². The van der Waals surface area contributed by atoms with Gasteiger partial charge in [0.25, 0.3) is 0 Å². The van der Waals surface area contributed by atoms with Gasteiger partial charge in [0, 0.05) is 25.3 Å². The first-order valence-electron chi connectivity index (χ1n) is 7.05. The monoisotopic (exact) mass is 322 g/mol.